The van der Waals surface area contributed by atoms with E-state index in [0.717, 1.165) is 24.4 Å². The molecule has 1 fully saturated rings. The van der Waals surface area contributed by atoms with Crippen LogP contribution in [0.25, 0.3) is 0 Å². The molecule has 0 aliphatic carbocycles. The van der Waals surface area contributed by atoms with Gasteiger partial charge in [0.05, 0.1) is 0 Å². The van der Waals surface area contributed by atoms with Crippen LogP contribution in [0, 0.1) is 6.92 Å². The highest BCUT2D eigenvalue weighted by Gasteiger charge is 2.31. The van der Waals surface area contributed by atoms with Gasteiger partial charge in [0.1, 0.15) is 5.75 Å². The minimum atomic E-state index is -0.454. The van der Waals surface area contributed by atoms with Crippen molar-refractivity contribution in [3.63, 3.8) is 0 Å². The number of nitrogens with one attached hydrogen (secondary N) is 1. The molecule has 1 amide bonds. The molecule has 3 atom stereocenters. The molecule has 0 saturated carbocycles. The minimum Gasteiger partial charge on any atom is -0.481 e. The van der Waals surface area contributed by atoms with Gasteiger partial charge in [0.25, 0.3) is 5.91 Å². The van der Waals surface area contributed by atoms with Crippen LogP contribution in [0.5, 0.6) is 5.75 Å². The molecule has 4 nitrogen and oxygen atoms in total. The lowest BCUT2D eigenvalue weighted by molar-refractivity contribution is -0.141. The summed E-state index contributed by atoms with van der Waals surface area (Å²) in [5.74, 6) is 0.814. The first kappa shape index (κ1) is 17.8. The summed E-state index contributed by atoms with van der Waals surface area (Å²) in [7, 11) is 0. The van der Waals surface area contributed by atoms with E-state index in [4.69, 9.17) is 4.74 Å². The maximum Gasteiger partial charge on any atom is 0.263 e. The lowest BCUT2D eigenvalue weighted by atomic mass is 10.1. The first-order chi connectivity index (χ1) is 9.49. The molecule has 2 rings (SSSR count). The van der Waals surface area contributed by atoms with Crippen molar-refractivity contribution in [2.24, 2.45) is 0 Å². The smallest absolute Gasteiger partial charge is 0.263 e. The van der Waals surface area contributed by atoms with Crippen molar-refractivity contribution in [3.05, 3.63) is 29.8 Å². The molecule has 0 spiro atoms. The minimum absolute atomic E-state index is 0. The first-order valence-electron chi connectivity index (χ1n) is 7.26. The zero-order valence-corrected chi connectivity index (χ0v) is 13.9. The number of carbonyl (C=O) groups is 1. The van der Waals surface area contributed by atoms with Crippen LogP contribution >= 0.6 is 12.4 Å². The van der Waals surface area contributed by atoms with Crippen molar-refractivity contribution in [2.45, 2.75) is 45.9 Å². The van der Waals surface area contributed by atoms with Crippen LogP contribution in [0.15, 0.2) is 24.3 Å². The lowest BCUT2D eigenvalue weighted by Gasteiger charge is -2.39. The van der Waals surface area contributed by atoms with Gasteiger partial charge in [0.15, 0.2) is 6.10 Å². The first-order valence-corrected chi connectivity index (χ1v) is 7.26. The SMILES string of the molecule is Cc1cccc(OC(C)C(=O)N2CCNC(C)C2C)c1.Cl. The van der Waals surface area contributed by atoms with Gasteiger partial charge in [-0.25, -0.2) is 0 Å². The summed E-state index contributed by atoms with van der Waals surface area (Å²) in [6.07, 6.45) is -0.454. The number of hydrogen-bond acceptors (Lipinski definition) is 3. The van der Waals surface area contributed by atoms with E-state index in [2.05, 4.69) is 19.2 Å². The Morgan fingerprint density at radius 1 is 1.43 bits per heavy atom. The second-order valence-corrected chi connectivity index (χ2v) is 5.59. The standard InChI is InChI=1S/C16H24N2O2.ClH/c1-11-6-5-7-15(10-11)20-14(4)16(19)18-9-8-17-12(2)13(18)3;/h5-7,10,12-14,17H,8-9H2,1-4H3;1H. The van der Waals surface area contributed by atoms with Gasteiger partial charge in [-0.3, -0.25) is 4.79 Å². The maximum absolute atomic E-state index is 12.5. The van der Waals surface area contributed by atoms with Gasteiger partial charge < -0.3 is 15.0 Å². The molecule has 1 heterocycles. The fourth-order valence-electron chi connectivity index (χ4n) is 2.54. The Labute approximate surface area is 133 Å². The van der Waals surface area contributed by atoms with E-state index in [1.807, 2.05) is 43.0 Å². The van der Waals surface area contributed by atoms with Gasteiger partial charge >= 0.3 is 0 Å². The lowest BCUT2D eigenvalue weighted by Crippen LogP contribution is -2.59. The van der Waals surface area contributed by atoms with Crippen molar-refractivity contribution in [2.75, 3.05) is 13.1 Å². The molecule has 0 aromatic heterocycles. The fraction of sp³-hybridized carbons (Fsp3) is 0.562. The summed E-state index contributed by atoms with van der Waals surface area (Å²) >= 11 is 0. The summed E-state index contributed by atoms with van der Waals surface area (Å²) in [5, 5.41) is 3.38. The van der Waals surface area contributed by atoms with Crippen molar-refractivity contribution in [3.8, 4) is 5.75 Å². The fourth-order valence-corrected chi connectivity index (χ4v) is 2.54. The number of nitrogens with zero attached hydrogens (tertiary/aromatic N) is 1. The number of halogens is 1. The molecule has 1 aliphatic rings. The monoisotopic (exact) mass is 312 g/mol. The largest absolute Gasteiger partial charge is 0.481 e. The number of amides is 1. The summed E-state index contributed by atoms with van der Waals surface area (Å²) in [6, 6.07) is 8.31. The molecular formula is C16H25ClN2O2. The van der Waals surface area contributed by atoms with E-state index < -0.39 is 6.10 Å². The number of benzene rings is 1. The zero-order valence-electron chi connectivity index (χ0n) is 13.1. The topological polar surface area (TPSA) is 41.6 Å². The van der Waals surface area contributed by atoms with Crippen LogP contribution in [0.2, 0.25) is 0 Å². The summed E-state index contributed by atoms with van der Waals surface area (Å²) in [6.45, 7) is 9.61. The molecule has 5 heteroatoms. The van der Waals surface area contributed by atoms with Crippen LogP contribution in [-0.2, 0) is 4.79 Å². The van der Waals surface area contributed by atoms with Crippen molar-refractivity contribution in [1.82, 2.24) is 10.2 Å². The summed E-state index contributed by atoms with van der Waals surface area (Å²) in [4.78, 5) is 14.4. The average Bonchev–Trinajstić information content (AvgIpc) is 2.41. The second-order valence-electron chi connectivity index (χ2n) is 5.59. The van der Waals surface area contributed by atoms with Crippen LogP contribution in [0.1, 0.15) is 26.3 Å². The van der Waals surface area contributed by atoms with Crippen molar-refractivity contribution in [1.29, 1.82) is 0 Å². The Hall–Kier alpha value is -1.26. The normalized spacial score (nSPS) is 23.1. The van der Waals surface area contributed by atoms with Crippen LogP contribution in [0.4, 0.5) is 0 Å². The number of piperazine rings is 1. The highest BCUT2D eigenvalue weighted by atomic mass is 35.5. The summed E-state index contributed by atoms with van der Waals surface area (Å²) < 4.78 is 5.78. The average molecular weight is 313 g/mol. The Morgan fingerprint density at radius 2 is 2.14 bits per heavy atom. The van der Waals surface area contributed by atoms with Crippen LogP contribution < -0.4 is 10.1 Å². The second kappa shape index (κ2) is 7.66. The van der Waals surface area contributed by atoms with E-state index >= 15 is 0 Å². The highest BCUT2D eigenvalue weighted by Crippen LogP contribution is 2.17. The molecule has 3 unspecified atom stereocenters. The Balaban J connectivity index is 0.00000220. The van der Waals surface area contributed by atoms with Gasteiger partial charge in [0, 0.05) is 25.2 Å². The van der Waals surface area contributed by atoms with Crippen LogP contribution in [0.3, 0.4) is 0 Å². The third-order valence-electron chi connectivity index (χ3n) is 3.97. The maximum atomic E-state index is 12.5. The molecule has 0 radical (unpaired) electrons. The number of rotatable bonds is 3. The molecule has 1 aliphatic heterocycles. The van der Waals surface area contributed by atoms with E-state index in [0.29, 0.717) is 6.04 Å². The van der Waals surface area contributed by atoms with Crippen LogP contribution in [-0.4, -0.2) is 42.1 Å². The quantitative estimate of drug-likeness (QED) is 0.932. The predicted octanol–water partition coefficient (Wildman–Crippen LogP) is 2.39. The molecular weight excluding hydrogens is 288 g/mol. The predicted molar refractivity (Wildman–Crippen MR) is 87.2 cm³/mol. The number of aryl methyl sites for hydroxylation is 1. The number of hydrogen-bond donors (Lipinski definition) is 1. The molecule has 1 N–H and O–H groups in total. The third kappa shape index (κ3) is 4.35. The van der Waals surface area contributed by atoms with Gasteiger partial charge in [-0.15, -0.1) is 12.4 Å². The van der Waals surface area contributed by atoms with Crippen molar-refractivity contribution >= 4 is 18.3 Å². The van der Waals surface area contributed by atoms with E-state index in [1.165, 1.54) is 0 Å². The number of carbonyl (C=O) groups excluding carboxylic acids is 1. The zero-order chi connectivity index (χ0) is 14.7. The van der Waals surface area contributed by atoms with Crippen molar-refractivity contribution < 1.29 is 9.53 Å². The van der Waals surface area contributed by atoms with E-state index in [1.54, 1.807) is 0 Å². The van der Waals surface area contributed by atoms with Gasteiger partial charge in [-0.2, -0.15) is 0 Å². The summed E-state index contributed by atoms with van der Waals surface area (Å²) in [5.41, 5.74) is 1.13. The Morgan fingerprint density at radius 3 is 2.81 bits per heavy atom. The number of ether oxygens (including phenoxy) is 1. The molecule has 21 heavy (non-hydrogen) atoms. The Bertz CT molecular complexity index is 481. The third-order valence-corrected chi connectivity index (χ3v) is 3.97. The molecule has 118 valence electrons. The molecule has 1 aromatic rings. The Kier molecular flexibility index (Phi) is 6.49. The molecule has 1 aromatic carbocycles. The molecule has 1 saturated heterocycles. The van der Waals surface area contributed by atoms with E-state index in [9.17, 15) is 4.79 Å². The van der Waals surface area contributed by atoms with Gasteiger partial charge in [0.2, 0.25) is 0 Å². The van der Waals surface area contributed by atoms with E-state index in [-0.39, 0.29) is 24.4 Å². The highest BCUT2D eigenvalue weighted by molar-refractivity contribution is 5.85. The van der Waals surface area contributed by atoms with Gasteiger partial charge in [-0.1, -0.05) is 12.1 Å². The molecule has 0 bridgehead atoms. The van der Waals surface area contributed by atoms with Gasteiger partial charge in [-0.05, 0) is 45.4 Å².